The predicted molar refractivity (Wildman–Crippen MR) is 110 cm³/mol. The molecule has 9 nitrogen and oxygen atoms in total. The van der Waals surface area contributed by atoms with E-state index in [0.717, 1.165) is 6.42 Å². The van der Waals surface area contributed by atoms with Crippen molar-refractivity contribution < 1.29 is 37.1 Å². The van der Waals surface area contributed by atoms with Gasteiger partial charge >= 0.3 is 10.1 Å². The fourth-order valence-electron chi connectivity index (χ4n) is 2.62. The highest BCUT2D eigenvalue weighted by Crippen LogP contribution is 2.33. The Morgan fingerprint density at radius 3 is 2.53 bits per heavy atom. The van der Waals surface area contributed by atoms with Crippen LogP contribution in [0.5, 0.6) is 11.5 Å². The average Bonchev–Trinajstić information content (AvgIpc) is 2.64. The quantitative estimate of drug-likeness (QED) is 0.487. The van der Waals surface area contributed by atoms with Gasteiger partial charge in [0.2, 0.25) is 6.29 Å². The fraction of sp³-hybridized carbons (Fsp3) is 0.650. The van der Waals surface area contributed by atoms with Crippen LogP contribution in [0.3, 0.4) is 0 Å². The summed E-state index contributed by atoms with van der Waals surface area (Å²) in [5, 5.41) is 21.6. The van der Waals surface area contributed by atoms with Gasteiger partial charge in [-0.25, -0.2) is 0 Å². The molecule has 0 aliphatic carbocycles. The second-order valence-corrected chi connectivity index (χ2v) is 10.1. The average molecular weight is 446 g/mol. The molecule has 30 heavy (non-hydrogen) atoms. The summed E-state index contributed by atoms with van der Waals surface area (Å²) in [5.41, 5.74) is 0.209. The third kappa shape index (κ3) is 6.83. The number of ether oxygens (including phenoxy) is 2. The van der Waals surface area contributed by atoms with Gasteiger partial charge in [0.05, 0.1) is 18.0 Å². The standard InChI is InChI=1S/C20H31NO8S/c1-12(2)7-8-21-19(24)14-5-6-17(18(9-14)29-30(25,26)13(3)4)28-20-16(23)10-15(22)11-27-20/h5-6,9,12-13,15-16,20,22-23H,7-8,10-11H2,1-4H3,(H,21,24)/t15-,16?,20+/m1/s1. The maximum absolute atomic E-state index is 12.4. The molecule has 3 atom stereocenters. The van der Waals surface area contributed by atoms with E-state index in [0.29, 0.717) is 12.5 Å². The Bertz CT molecular complexity index is 824. The first-order valence-electron chi connectivity index (χ1n) is 9.99. The van der Waals surface area contributed by atoms with Crippen LogP contribution in [-0.4, -0.2) is 61.4 Å². The van der Waals surface area contributed by atoms with Gasteiger partial charge in [-0.1, -0.05) is 13.8 Å². The minimum Gasteiger partial charge on any atom is -0.458 e. The lowest BCUT2D eigenvalue weighted by Crippen LogP contribution is -2.44. The summed E-state index contributed by atoms with van der Waals surface area (Å²) < 4.78 is 40.7. The number of aliphatic hydroxyl groups excluding tert-OH is 2. The molecule has 1 aromatic rings. The summed E-state index contributed by atoms with van der Waals surface area (Å²) in [6, 6.07) is 4.15. The molecular formula is C20H31NO8S. The molecule has 1 heterocycles. The highest BCUT2D eigenvalue weighted by molar-refractivity contribution is 7.87. The zero-order valence-electron chi connectivity index (χ0n) is 17.7. The normalized spacial score (nSPS) is 22.2. The Balaban J connectivity index is 2.26. The number of benzene rings is 1. The molecule has 1 aliphatic heterocycles. The Hall–Kier alpha value is -1.88. The Labute approximate surface area is 177 Å². The van der Waals surface area contributed by atoms with Crippen LogP contribution < -0.4 is 14.2 Å². The third-order valence-corrected chi connectivity index (χ3v) is 6.09. The Morgan fingerprint density at radius 2 is 1.93 bits per heavy atom. The van der Waals surface area contributed by atoms with Crippen LogP contribution in [0.4, 0.5) is 0 Å². The summed E-state index contributed by atoms with van der Waals surface area (Å²) in [6.45, 7) is 7.48. The molecule has 2 rings (SSSR count). The molecule has 10 heteroatoms. The molecule has 0 spiro atoms. The summed E-state index contributed by atoms with van der Waals surface area (Å²) in [4.78, 5) is 12.4. The number of amides is 1. The van der Waals surface area contributed by atoms with Crippen LogP contribution in [0.15, 0.2) is 18.2 Å². The molecule has 0 radical (unpaired) electrons. The first kappa shape index (κ1) is 24.4. The van der Waals surface area contributed by atoms with Gasteiger partial charge in [-0.3, -0.25) is 4.79 Å². The molecular weight excluding hydrogens is 414 g/mol. The lowest BCUT2D eigenvalue weighted by Gasteiger charge is -2.31. The largest absolute Gasteiger partial charge is 0.458 e. The van der Waals surface area contributed by atoms with Crippen LogP contribution in [0.2, 0.25) is 0 Å². The van der Waals surface area contributed by atoms with E-state index in [1.54, 1.807) is 0 Å². The van der Waals surface area contributed by atoms with Gasteiger partial charge in [0.1, 0.15) is 6.10 Å². The van der Waals surface area contributed by atoms with Gasteiger partial charge in [0, 0.05) is 18.5 Å². The summed E-state index contributed by atoms with van der Waals surface area (Å²) in [5.74, 6) is -0.122. The van der Waals surface area contributed by atoms with Crippen molar-refractivity contribution in [2.75, 3.05) is 13.2 Å². The maximum Gasteiger partial charge on any atom is 0.311 e. The van der Waals surface area contributed by atoms with E-state index >= 15 is 0 Å². The van der Waals surface area contributed by atoms with Gasteiger partial charge in [0.25, 0.3) is 5.91 Å². The van der Waals surface area contributed by atoms with E-state index in [2.05, 4.69) is 5.32 Å². The Morgan fingerprint density at radius 1 is 1.23 bits per heavy atom. The number of nitrogens with one attached hydrogen (secondary N) is 1. The van der Waals surface area contributed by atoms with Crippen LogP contribution in [-0.2, 0) is 14.9 Å². The number of aliphatic hydroxyl groups is 2. The van der Waals surface area contributed by atoms with Crippen molar-refractivity contribution in [2.45, 2.75) is 64.3 Å². The first-order valence-corrected chi connectivity index (χ1v) is 11.5. The highest BCUT2D eigenvalue weighted by Gasteiger charge is 2.32. The summed E-state index contributed by atoms with van der Waals surface area (Å²) >= 11 is 0. The molecule has 3 N–H and O–H groups in total. The number of hydrogen-bond acceptors (Lipinski definition) is 8. The molecule has 1 aliphatic rings. The van der Waals surface area contributed by atoms with Gasteiger partial charge in [-0.2, -0.15) is 8.42 Å². The monoisotopic (exact) mass is 445 g/mol. The zero-order valence-corrected chi connectivity index (χ0v) is 18.5. The van der Waals surface area contributed by atoms with Gasteiger partial charge in [-0.05, 0) is 44.4 Å². The van der Waals surface area contributed by atoms with Gasteiger partial charge < -0.3 is 29.2 Å². The smallest absolute Gasteiger partial charge is 0.311 e. The van der Waals surface area contributed by atoms with E-state index in [4.69, 9.17) is 13.7 Å². The lowest BCUT2D eigenvalue weighted by atomic mass is 10.1. The molecule has 1 unspecified atom stereocenters. The van der Waals surface area contributed by atoms with Crippen LogP contribution >= 0.6 is 0 Å². The van der Waals surface area contributed by atoms with E-state index in [1.165, 1.54) is 32.0 Å². The van der Waals surface area contributed by atoms with E-state index in [1.807, 2.05) is 13.8 Å². The number of carbonyl (C=O) groups excluding carboxylic acids is 1. The van der Waals surface area contributed by atoms with Crippen LogP contribution in [0, 0.1) is 5.92 Å². The van der Waals surface area contributed by atoms with Crippen molar-refractivity contribution in [1.82, 2.24) is 5.32 Å². The second kappa shape index (κ2) is 10.4. The van der Waals surface area contributed by atoms with Crippen molar-refractivity contribution >= 4 is 16.0 Å². The predicted octanol–water partition coefficient (Wildman–Crippen LogP) is 1.43. The second-order valence-electron chi connectivity index (χ2n) is 8.00. The van der Waals surface area contributed by atoms with Crippen molar-refractivity contribution in [3.8, 4) is 11.5 Å². The van der Waals surface area contributed by atoms with Crippen molar-refractivity contribution in [2.24, 2.45) is 5.92 Å². The molecule has 170 valence electrons. The third-order valence-electron chi connectivity index (χ3n) is 4.52. The maximum atomic E-state index is 12.4. The number of rotatable bonds is 9. The minimum absolute atomic E-state index is 0.00149. The van der Waals surface area contributed by atoms with Crippen LogP contribution in [0.25, 0.3) is 0 Å². The SMILES string of the molecule is CC(C)CCNC(=O)c1ccc(O[C@@H]2OC[C@H](O)CC2O)c(OS(=O)(=O)C(C)C)c1. The first-order chi connectivity index (χ1) is 14.0. The van der Waals surface area contributed by atoms with Crippen molar-refractivity contribution in [3.05, 3.63) is 23.8 Å². The zero-order chi connectivity index (χ0) is 22.5. The highest BCUT2D eigenvalue weighted by atomic mass is 32.2. The summed E-state index contributed by atoms with van der Waals surface area (Å²) in [6.07, 6.45) is -2.17. The fourth-order valence-corrected chi connectivity index (χ4v) is 3.20. The van der Waals surface area contributed by atoms with Crippen LogP contribution in [0.1, 0.15) is 50.9 Å². The van der Waals surface area contributed by atoms with E-state index in [-0.39, 0.29) is 36.0 Å². The molecule has 0 bridgehead atoms. The number of hydrogen-bond donors (Lipinski definition) is 3. The minimum atomic E-state index is -3.96. The van der Waals surface area contributed by atoms with Crippen molar-refractivity contribution in [3.63, 3.8) is 0 Å². The topological polar surface area (TPSA) is 131 Å². The van der Waals surface area contributed by atoms with Gasteiger partial charge in [0.15, 0.2) is 11.5 Å². The van der Waals surface area contributed by atoms with Crippen molar-refractivity contribution in [1.29, 1.82) is 0 Å². The number of carbonyl (C=O) groups is 1. The molecule has 0 aromatic heterocycles. The van der Waals surface area contributed by atoms with E-state index < -0.39 is 33.9 Å². The Kier molecular flexibility index (Phi) is 8.48. The van der Waals surface area contributed by atoms with Gasteiger partial charge in [-0.15, -0.1) is 0 Å². The molecule has 1 aromatic carbocycles. The molecule has 0 saturated carbocycles. The molecule has 1 saturated heterocycles. The molecule has 1 amide bonds. The summed E-state index contributed by atoms with van der Waals surface area (Å²) in [7, 11) is -3.96. The van der Waals surface area contributed by atoms with E-state index in [9.17, 15) is 23.4 Å². The molecule has 1 fully saturated rings. The lowest BCUT2D eigenvalue weighted by molar-refractivity contribution is -0.199.